The summed E-state index contributed by atoms with van der Waals surface area (Å²) >= 11 is 0. The zero-order valence-corrected chi connectivity index (χ0v) is 13.9. The number of methoxy groups -OCH3 is 1. The molecule has 0 bridgehead atoms. The van der Waals surface area contributed by atoms with Crippen molar-refractivity contribution in [3.8, 4) is 5.75 Å². The molecule has 2 aromatic rings. The monoisotopic (exact) mass is 348 g/mol. The van der Waals surface area contributed by atoms with Crippen molar-refractivity contribution >= 4 is 23.2 Å². The van der Waals surface area contributed by atoms with Gasteiger partial charge in [-0.05, 0) is 24.3 Å². The van der Waals surface area contributed by atoms with Crippen molar-refractivity contribution in [2.45, 2.75) is 13.3 Å². The number of hydrogen-bond acceptors (Lipinski definition) is 3. The topological polar surface area (TPSA) is 58.6 Å². The third-order valence-corrected chi connectivity index (χ3v) is 3.50. The summed E-state index contributed by atoms with van der Waals surface area (Å²) in [5, 5.41) is 2.68. The Bertz CT molecular complexity index is 781. The molecule has 132 valence electrons. The van der Waals surface area contributed by atoms with Gasteiger partial charge in [0.2, 0.25) is 11.8 Å². The number of benzene rings is 2. The smallest absolute Gasteiger partial charge is 0.226 e. The third kappa shape index (κ3) is 5.00. The molecule has 0 heterocycles. The summed E-state index contributed by atoms with van der Waals surface area (Å²) in [6, 6.07) is 9.75. The van der Waals surface area contributed by atoms with Crippen LogP contribution in [0.5, 0.6) is 5.75 Å². The predicted molar refractivity (Wildman–Crippen MR) is 90.6 cm³/mol. The van der Waals surface area contributed by atoms with Crippen LogP contribution in [-0.4, -0.2) is 25.5 Å². The van der Waals surface area contributed by atoms with Crippen molar-refractivity contribution in [3.05, 3.63) is 54.1 Å². The van der Waals surface area contributed by atoms with Gasteiger partial charge in [0.1, 0.15) is 17.4 Å². The van der Waals surface area contributed by atoms with E-state index < -0.39 is 17.5 Å². The molecule has 0 saturated heterocycles. The second kappa shape index (κ2) is 8.23. The molecule has 2 amide bonds. The lowest BCUT2D eigenvalue weighted by molar-refractivity contribution is -0.117. The number of halogens is 2. The second-order valence-electron chi connectivity index (χ2n) is 5.30. The van der Waals surface area contributed by atoms with Crippen molar-refractivity contribution in [1.82, 2.24) is 0 Å². The molecule has 2 rings (SSSR count). The van der Waals surface area contributed by atoms with E-state index in [0.717, 1.165) is 11.0 Å². The molecule has 0 aliphatic carbocycles. The quantitative estimate of drug-likeness (QED) is 0.871. The molecular formula is C18H18F2N2O3. The van der Waals surface area contributed by atoms with Gasteiger partial charge in [0.15, 0.2) is 0 Å². The highest BCUT2D eigenvalue weighted by Crippen LogP contribution is 2.21. The fraction of sp³-hybridized carbons (Fsp3) is 0.222. The SMILES string of the molecule is COc1cccc(NC(=O)CCN(C(C)=O)c2ccc(F)cc2F)c1. The summed E-state index contributed by atoms with van der Waals surface area (Å²) in [5.74, 6) is -1.79. The van der Waals surface area contributed by atoms with Crippen LogP contribution in [0, 0.1) is 11.6 Å². The molecule has 0 aliphatic heterocycles. The minimum atomic E-state index is -0.858. The van der Waals surface area contributed by atoms with Crippen LogP contribution in [0.1, 0.15) is 13.3 Å². The lowest BCUT2D eigenvalue weighted by Crippen LogP contribution is -2.32. The summed E-state index contributed by atoms with van der Waals surface area (Å²) in [4.78, 5) is 24.9. The third-order valence-electron chi connectivity index (χ3n) is 3.50. The van der Waals surface area contributed by atoms with Gasteiger partial charge in [-0.25, -0.2) is 8.78 Å². The van der Waals surface area contributed by atoms with E-state index in [0.29, 0.717) is 17.5 Å². The molecule has 0 aliphatic rings. The van der Waals surface area contributed by atoms with Crippen LogP contribution < -0.4 is 15.0 Å². The van der Waals surface area contributed by atoms with E-state index in [1.807, 2.05) is 0 Å². The summed E-state index contributed by atoms with van der Waals surface area (Å²) in [6.07, 6.45) is -0.0480. The van der Waals surface area contributed by atoms with Crippen LogP contribution in [-0.2, 0) is 9.59 Å². The van der Waals surface area contributed by atoms with Gasteiger partial charge in [0, 0.05) is 37.7 Å². The van der Waals surface area contributed by atoms with E-state index in [1.54, 1.807) is 24.3 Å². The highest BCUT2D eigenvalue weighted by molar-refractivity contribution is 5.94. The lowest BCUT2D eigenvalue weighted by Gasteiger charge is -2.21. The number of nitrogens with one attached hydrogen (secondary N) is 1. The van der Waals surface area contributed by atoms with Crippen molar-refractivity contribution in [2.24, 2.45) is 0 Å². The molecule has 0 atom stereocenters. The van der Waals surface area contributed by atoms with Gasteiger partial charge < -0.3 is 15.0 Å². The number of carbonyl (C=O) groups is 2. The van der Waals surface area contributed by atoms with Crippen LogP contribution in [0.3, 0.4) is 0 Å². The van der Waals surface area contributed by atoms with Crippen LogP contribution >= 0.6 is 0 Å². The van der Waals surface area contributed by atoms with E-state index in [2.05, 4.69) is 5.32 Å². The molecule has 0 fully saturated rings. The average Bonchev–Trinajstić information content (AvgIpc) is 2.56. The van der Waals surface area contributed by atoms with Gasteiger partial charge in [0.25, 0.3) is 0 Å². The van der Waals surface area contributed by atoms with Gasteiger partial charge in [-0.15, -0.1) is 0 Å². The number of carbonyl (C=O) groups excluding carboxylic acids is 2. The fourth-order valence-corrected chi connectivity index (χ4v) is 2.29. The highest BCUT2D eigenvalue weighted by Gasteiger charge is 2.17. The number of ether oxygens (including phenoxy) is 1. The molecule has 0 unspecified atom stereocenters. The first kappa shape index (κ1) is 18.4. The molecule has 1 N–H and O–H groups in total. The Kier molecular flexibility index (Phi) is 6.05. The van der Waals surface area contributed by atoms with Crippen molar-refractivity contribution in [2.75, 3.05) is 23.9 Å². The Labute approximate surface area is 144 Å². The van der Waals surface area contributed by atoms with E-state index in [-0.39, 0.29) is 24.6 Å². The van der Waals surface area contributed by atoms with Crippen LogP contribution in [0.4, 0.5) is 20.2 Å². The molecule has 0 aromatic heterocycles. The summed E-state index contributed by atoms with van der Waals surface area (Å²) in [6.45, 7) is 1.22. The standard InChI is InChI=1S/C18H18F2N2O3/c1-12(23)22(17-7-6-13(19)10-16(17)20)9-8-18(24)21-14-4-3-5-15(11-14)25-2/h3-7,10-11H,8-9H2,1-2H3,(H,21,24). The summed E-state index contributed by atoms with van der Waals surface area (Å²) in [5.41, 5.74) is 0.481. The van der Waals surface area contributed by atoms with Gasteiger partial charge >= 0.3 is 0 Å². The molecule has 5 nitrogen and oxygen atoms in total. The van der Waals surface area contributed by atoms with Crippen LogP contribution in [0.2, 0.25) is 0 Å². The molecule has 0 radical (unpaired) electrons. The largest absolute Gasteiger partial charge is 0.497 e. The minimum absolute atomic E-state index is 0.0340. The Balaban J connectivity index is 2.03. The van der Waals surface area contributed by atoms with Gasteiger partial charge in [-0.2, -0.15) is 0 Å². The molecule has 0 spiro atoms. The Hall–Kier alpha value is -2.96. The zero-order valence-electron chi connectivity index (χ0n) is 13.9. The number of nitrogens with zero attached hydrogens (tertiary/aromatic N) is 1. The van der Waals surface area contributed by atoms with E-state index in [4.69, 9.17) is 4.74 Å². The Morgan fingerprint density at radius 3 is 2.56 bits per heavy atom. The van der Waals surface area contributed by atoms with E-state index in [1.165, 1.54) is 20.1 Å². The maximum absolute atomic E-state index is 13.9. The Morgan fingerprint density at radius 2 is 1.92 bits per heavy atom. The van der Waals surface area contributed by atoms with Crippen LogP contribution in [0.15, 0.2) is 42.5 Å². The van der Waals surface area contributed by atoms with Crippen molar-refractivity contribution in [3.63, 3.8) is 0 Å². The maximum Gasteiger partial charge on any atom is 0.226 e. The van der Waals surface area contributed by atoms with Crippen molar-refractivity contribution in [1.29, 1.82) is 0 Å². The molecule has 2 aromatic carbocycles. The molecule has 25 heavy (non-hydrogen) atoms. The first-order valence-electron chi connectivity index (χ1n) is 7.57. The normalized spacial score (nSPS) is 10.2. The van der Waals surface area contributed by atoms with Crippen molar-refractivity contribution < 1.29 is 23.1 Å². The fourth-order valence-electron chi connectivity index (χ4n) is 2.29. The number of hydrogen-bond donors (Lipinski definition) is 1. The highest BCUT2D eigenvalue weighted by atomic mass is 19.1. The first-order valence-corrected chi connectivity index (χ1v) is 7.57. The summed E-state index contributed by atoms with van der Waals surface area (Å²) < 4.78 is 31.9. The number of rotatable bonds is 6. The van der Waals surface area contributed by atoms with Gasteiger partial charge in [-0.3, -0.25) is 9.59 Å². The molecule has 0 saturated carbocycles. The average molecular weight is 348 g/mol. The van der Waals surface area contributed by atoms with Gasteiger partial charge in [-0.1, -0.05) is 6.07 Å². The maximum atomic E-state index is 13.9. The summed E-state index contributed by atoms with van der Waals surface area (Å²) in [7, 11) is 1.52. The minimum Gasteiger partial charge on any atom is -0.497 e. The van der Waals surface area contributed by atoms with Crippen LogP contribution in [0.25, 0.3) is 0 Å². The predicted octanol–water partition coefficient (Wildman–Crippen LogP) is 3.36. The zero-order chi connectivity index (χ0) is 18.4. The van der Waals surface area contributed by atoms with Gasteiger partial charge in [0.05, 0.1) is 12.8 Å². The molecule has 7 heteroatoms. The van der Waals surface area contributed by atoms with E-state index in [9.17, 15) is 18.4 Å². The molecular weight excluding hydrogens is 330 g/mol. The lowest BCUT2D eigenvalue weighted by atomic mass is 10.2. The first-order chi connectivity index (χ1) is 11.9. The second-order valence-corrected chi connectivity index (χ2v) is 5.30. The number of amides is 2. The Morgan fingerprint density at radius 1 is 1.16 bits per heavy atom. The number of anilines is 2. The van der Waals surface area contributed by atoms with E-state index >= 15 is 0 Å².